The molecule has 0 unspecified atom stereocenters. The van der Waals surface area contributed by atoms with Gasteiger partial charge in [-0.05, 0) is 23.8 Å². The van der Waals surface area contributed by atoms with Crippen LogP contribution >= 0.6 is 11.6 Å². The number of piperazine rings is 1. The molecule has 1 saturated heterocycles. The van der Waals surface area contributed by atoms with Gasteiger partial charge in [0, 0.05) is 30.9 Å². The summed E-state index contributed by atoms with van der Waals surface area (Å²) in [5, 5.41) is 9.62. The zero-order valence-electron chi connectivity index (χ0n) is 14.7. The quantitative estimate of drug-likeness (QED) is 0.799. The van der Waals surface area contributed by atoms with Crippen LogP contribution < -0.4 is 10.6 Å². The molecule has 0 aliphatic carbocycles. The Labute approximate surface area is 164 Å². The van der Waals surface area contributed by atoms with Crippen LogP contribution in [0.25, 0.3) is 0 Å². The maximum atomic E-state index is 12.9. The summed E-state index contributed by atoms with van der Waals surface area (Å²) in [5.74, 6) is -0.710. The van der Waals surface area contributed by atoms with Gasteiger partial charge in [0.05, 0.1) is 23.8 Å². The topological polar surface area (TPSA) is 82.7 Å². The highest BCUT2D eigenvalue weighted by Gasteiger charge is 2.34. The van der Waals surface area contributed by atoms with Crippen LogP contribution in [-0.4, -0.2) is 47.1 Å². The van der Waals surface area contributed by atoms with Crippen LogP contribution in [0.4, 0.5) is 24.7 Å². The summed E-state index contributed by atoms with van der Waals surface area (Å²) >= 11 is 5.95. The van der Waals surface area contributed by atoms with E-state index in [9.17, 15) is 18.0 Å². The maximum Gasteiger partial charge on any atom is 0.417 e. The Kier molecular flexibility index (Phi) is 5.66. The van der Waals surface area contributed by atoms with Gasteiger partial charge < -0.3 is 15.7 Å². The second-order valence-corrected chi connectivity index (χ2v) is 6.96. The fourth-order valence-electron chi connectivity index (χ4n) is 3.27. The summed E-state index contributed by atoms with van der Waals surface area (Å²) in [4.78, 5) is 18.6. The Morgan fingerprint density at radius 2 is 1.96 bits per heavy atom. The molecular weight excluding hydrogens is 397 g/mol. The van der Waals surface area contributed by atoms with Gasteiger partial charge in [0.25, 0.3) is 0 Å². The number of hydrogen-bond acceptors (Lipinski definition) is 5. The molecule has 1 aliphatic heterocycles. The van der Waals surface area contributed by atoms with Crippen molar-refractivity contribution in [2.45, 2.75) is 12.2 Å². The van der Waals surface area contributed by atoms with E-state index in [1.807, 2.05) is 0 Å². The summed E-state index contributed by atoms with van der Waals surface area (Å²) in [5.41, 5.74) is 5.73. The van der Waals surface area contributed by atoms with E-state index >= 15 is 0 Å². The summed E-state index contributed by atoms with van der Waals surface area (Å²) in [7, 11) is 0. The fourth-order valence-corrected chi connectivity index (χ4v) is 3.39. The molecule has 6 nitrogen and oxygen atoms in total. The first-order valence-corrected chi connectivity index (χ1v) is 8.82. The van der Waals surface area contributed by atoms with Crippen LogP contribution in [0.5, 0.6) is 0 Å². The Balaban J connectivity index is 1.95. The van der Waals surface area contributed by atoms with E-state index in [-0.39, 0.29) is 24.1 Å². The average Bonchev–Trinajstić information content (AvgIpc) is 2.61. The van der Waals surface area contributed by atoms with Gasteiger partial charge in [-0.2, -0.15) is 13.2 Å². The van der Waals surface area contributed by atoms with E-state index in [1.54, 1.807) is 34.1 Å². The lowest BCUT2D eigenvalue weighted by molar-refractivity contribution is -0.139. The third-order valence-electron chi connectivity index (χ3n) is 4.57. The molecule has 3 N–H and O–H groups in total. The molecule has 0 spiro atoms. The van der Waals surface area contributed by atoms with E-state index in [0.717, 1.165) is 17.8 Å². The predicted molar refractivity (Wildman–Crippen MR) is 99.3 cm³/mol. The van der Waals surface area contributed by atoms with Gasteiger partial charge in [0.15, 0.2) is 5.82 Å². The van der Waals surface area contributed by atoms with Crippen LogP contribution in [0.3, 0.4) is 0 Å². The second-order valence-electron chi connectivity index (χ2n) is 6.52. The number of carboxylic acids is 1. The van der Waals surface area contributed by atoms with Crippen molar-refractivity contribution in [3.8, 4) is 0 Å². The number of alkyl halides is 3. The number of benzene rings is 1. The minimum absolute atomic E-state index is 0.0829. The van der Waals surface area contributed by atoms with E-state index in [2.05, 4.69) is 4.98 Å². The van der Waals surface area contributed by atoms with Gasteiger partial charge in [-0.3, -0.25) is 9.69 Å². The summed E-state index contributed by atoms with van der Waals surface area (Å²) in [6, 6.07) is 7.53. The summed E-state index contributed by atoms with van der Waals surface area (Å²) in [6.45, 7) is 1.01. The summed E-state index contributed by atoms with van der Waals surface area (Å²) in [6.07, 6.45) is -3.77. The normalized spacial score (nSPS) is 18.3. The van der Waals surface area contributed by atoms with Crippen LogP contribution in [-0.2, 0) is 11.0 Å². The highest BCUT2D eigenvalue weighted by molar-refractivity contribution is 6.30. The number of nitrogens with two attached hydrogens (primary N) is 1. The molecule has 2 aromatic rings. The van der Waals surface area contributed by atoms with Gasteiger partial charge >= 0.3 is 12.1 Å². The number of anilines is 2. The number of carboxylic acid groups (broad SMARTS) is 1. The molecular formula is C18H18ClF3N4O2. The van der Waals surface area contributed by atoms with E-state index in [0.29, 0.717) is 24.7 Å². The van der Waals surface area contributed by atoms with Gasteiger partial charge in [0.1, 0.15) is 0 Å². The largest absolute Gasteiger partial charge is 0.480 e. The smallest absolute Gasteiger partial charge is 0.417 e. The Bertz CT molecular complexity index is 861. The first-order valence-electron chi connectivity index (χ1n) is 8.44. The molecule has 0 saturated carbocycles. The van der Waals surface area contributed by atoms with Crippen molar-refractivity contribution < 1.29 is 23.1 Å². The molecule has 0 amide bonds. The molecule has 1 aromatic carbocycles. The van der Waals surface area contributed by atoms with Gasteiger partial charge in [-0.15, -0.1) is 0 Å². The maximum absolute atomic E-state index is 12.9. The molecule has 150 valence electrons. The summed E-state index contributed by atoms with van der Waals surface area (Å²) < 4.78 is 38.7. The average molecular weight is 415 g/mol. The lowest BCUT2D eigenvalue weighted by atomic mass is 10.0. The predicted octanol–water partition coefficient (Wildman–Crippen LogP) is 3.28. The van der Waals surface area contributed by atoms with Crippen molar-refractivity contribution in [1.82, 2.24) is 9.88 Å². The second kappa shape index (κ2) is 7.84. The van der Waals surface area contributed by atoms with Crippen molar-refractivity contribution in [3.63, 3.8) is 0 Å². The van der Waals surface area contributed by atoms with Crippen molar-refractivity contribution in [2.75, 3.05) is 36.8 Å². The van der Waals surface area contributed by atoms with Crippen molar-refractivity contribution in [2.24, 2.45) is 0 Å². The Morgan fingerprint density at radius 3 is 2.54 bits per heavy atom. The molecule has 1 fully saturated rings. The minimum atomic E-state index is -4.53. The van der Waals surface area contributed by atoms with Gasteiger partial charge in [-0.25, -0.2) is 4.98 Å². The number of nitrogens with zero attached hydrogens (tertiary/aromatic N) is 3. The molecule has 2 heterocycles. The monoisotopic (exact) mass is 414 g/mol. The van der Waals surface area contributed by atoms with E-state index in [4.69, 9.17) is 22.4 Å². The number of aromatic nitrogens is 1. The number of carbonyl (C=O) groups is 1. The molecule has 1 aromatic heterocycles. The number of rotatable bonds is 4. The Hall–Kier alpha value is -2.52. The third-order valence-corrected chi connectivity index (χ3v) is 4.82. The molecule has 0 radical (unpaired) electrons. The molecule has 28 heavy (non-hydrogen) atoms. The lowest BCUT2D eigenvalue weighted by Gasteiger charge is -2.42. The highest BCUT2D eigenvalue weighted by Crippen LogP contribution is 2.36. The van der Waals surface area contributed by atoms with Crippen molar-refractivity contribution in [3.05, 3.63) is 52.7 Å². The van der Waals surface area contributed by atoms with E-state index in [1.165, 1.54) is 0 Å². The van der Waals surface area contributed by atoms with Crippen LogP contribution in [0.1, 0.15) is 17.2 Å². The first-order chi connectivity index (χ1) is 13.1. The Morgan fingerprint density at radius 1 is 1.29 bits per heavy atom. The SMILES string of the molecule is Nc1cc(C(F)(F)F)cnc1N1CCN(CC(=O)O)C[C@@H]1c1ccc(Cl)cc1. The zero-order valence-corrected chi connectivity index (χ0v) is 15.4. The molecule has 3 rings (SSSR count). The van der Waals surface area contributed by atoms with Crippen LogP contribution in [0.2, 0.25) is 5.02 Å². The van der Waals surface area contributed by atoms with Gasteiger partial charge in [0.2, 0.25) is 0 Å². The number of hydrogen-bond donors (Lipinski definition) is 2. The zero-order chi connectivity index (χ0) is 20.5. The highest BCUT2D eigenvalue weighted by atomic mass is 35.5. The first kappa shape index (κ1) is 20.2. The fraction of sp³-hybridized carbons (Fsp3) is 0.333. The molecule has 10 heteroatoms. The molecule has 0 bridgehead atoms. The minimum Gasteiger partial charge on any atom is -0.480 e. The molecule has 1 aliphatic rings. The van der Waals surface area contributed by atoms with Crippen molar-refractivity contribution in [1.29, 1.82) is 0 Å². The van der Waals surface area contributed by atoms with Crippen molar-refractivity contribution >= 4 is 29.1 Å². The number of pyridine rings is 1. The molecule has 1 atom stereocenters. The van der Waals surface area contributed by atoms with Crippen LogP contribution in [0.15, 0.2) is 36.5 Å². The number of aliphatic carboxylic acids is 1. The van der Waals surface area contributed by atoms with E-state index < -0.39 is 17.7 Å². The number of halogens is 4. The van der Waals surface area contributed by atoms with Gasteiger partial charge in [-0.1, -0.05) is 23.7 Å². The van der Waals surface area contributed by atoms with Crippen LogP contribution in [0, 0.1) is 0 Å². The third kappa shape index (κ3) is 4.48. The lowest BCUT2D eigenvalue weighted by Crippen LogP contribution is -2.50. The number of nitrogen functional groups attached to an aromatic ring is 1. The standard InChI is InChI=1S/C18H18ClF3N4O2/c19-13-3-1-11(2-4-13)15-9-25(10-16(27)28)5-6-26(15)17-14(23)7-12(8-24-17)18(20,21)22/h1-4,7-8,15H,5-6,9-10,23H2,(H,27,28)/t15-/m1/s1.